The number of hydrogen-bond acceptors (Lipinski definition) is 6. The first-order valence-electron chi connectivity index (χ1n) is 15.1. The molecule has 12 nitrogen and oxygen atoms in total. The third kappa shape index (κ3) is 7.87. The predicted octanol–water partition coefficient (Wildman–Crippen LogP) is 1.81. The molecule has 0 bridgehead atoms. The van der Waals surface area contributed by atoms with E-state index in [0.717, 1.165) is 16.3 Å². The Hall–Kier alpha value is -5.26. The van der Waals surface area contributed by atoms with Gasteiger partial charge in [0.25, 0.3) is 0 Å². The highest BCUT2D eigenvalue weighted by Gasteiger charge is 2.45. The van der Waals surface area contributed by atoms with Gasteiger partial charge in [0.2, 0.25) is 17.7 Å². The molecule has 4 rings (SSSR count). The van der Waals surface area contributed by atoms with Crippen LogP contribution < -0.4 is 21.7 Å². The summed E-state index contributed by atoms with van der Waals surface area (Å²) in [6.45, 7) is 5.40. The first-order chi connectivity index (χ1) is 21.9. The van der Waals surface area contributed by atoms with Gasteiger partial charge >= 0.3 is 17.8 Å². The lowest BCUT2D eigenvalue weighted by Crippen LogP contribution is -2.65. The van der Waals surface area contributed by atoms with E-state index < -0.39 is 72.1 Å². The first-order valence-corrected chi connectivity index (χ1v) is 15.1. The van der Waals surface area contributed by atoms with Crippen molar-refractivity contribution < 1.29 is 33.9 Å². The second-order valence-corrected chi connectivity index (χ2v) is 11.9. The number of primary amides is 1. The molecule has 0 aliphatic carbocycles. The Morgan fingerprint density at radius 2 is 1.52 bits per heavy atom. The summed E-state index contributed by atoms with van der Waals surface area (Å²) in [4.78, 5) is 78.9. The van der Waals surface area contributed by atoms with Crippen LogP contribution in [0.2, 0.25) is 0 Å². The van der Waals surface area contributed by atoms with E-state index in [1.165, 1.54) is 4.90 Å². The first kappa shape index (κ1) is 33.6. The molecule has 0 saturated carbocycles. The van der Waals surface area contributed by atoms with Gasteiger partial charge in [-0.05, 0) is 41.2 Å². The van der Waals surface area contributed by atoms with Gasteiger partial charge < -0.3 is 31.7 Å². The lowest BCUT2D eigenvalue weighted by molar-refractivity contribution is -0.157. The number of benzene rings is 3. The average molecular weight is 630 g/mol. The number of piperazine rings is 1. The Morgan fingerprint density at radius 3 is 2.17 bits per heavy atom. The van der Waals surface area contributed by atoms with Gasteiger partial charge in [-0.1, -0.05) is 86.6 Å². The molecule has 0 spiro atoms. The van der Waals surface area contributed by atoms with E-state index in [0.29, 0.717) is 5.56 Å². The van der Waals surface area contributed by atoms with Crippen molar-refractivity contribution >= 4 is 46.3 Å². The molecule has 1 aliphatic heterocycles. The number of aliphatic carboxylic acids is 1. The van der Waals surface area contributed by atoms with Gasteiger partial charge in [0.15, 0.2) is 0 Å². The zero-order valence-electron chi connectivity index (χ0n) is 25.9. The van der Waals surface area contributed by atoms with Gasteiger partial charge in [-0.25, -0.2) is 0 Å². The molecule has 3 aromatic carbocycles. The summed E-state index contributed by atoms with van der Waals surface area (Å²) in [5.41, 5.74) is 7.01. The molecule has 46 heavy (non-hydrogen) atoms. The molecule has 12 heteroatoms. The number of carbonyl (C=O) groups is 6. The van der Waals surface area contributed by atoms with Crippen molar-refractivity contribution in [3.8, 4) is 0 Å². The number of carbonyl (C=O) groups excluding carboxylic acids is 5. The van der Waals surface area contributed by atoms with Crippen LogP contribution in [-0.4, -0.2) is 69.7 Å². The van der Waals surface area contributed by atoms with Gasteiger partial charge in [-0.15, -0.1) is 0 Å². The zero-order chi connectivity index (χ0) is 33.5. The molecule has 0 aromatic heterocycles. The zero-order valence-corrected chi connectivity index (χ0v) is 25.9. The lowest BCUT2D eigenvalue weighted by Gasteiger charge is -2.44. The maximum atomic E-state index is 13.9. The van der Waals surface area contributed by atoms with Crippen molar-refractivity contribution in [1.82, 2.24) is 20.9 Å². The number of nitrogens with one attached hydrogen (secondary N) is 3. The summed E-state index contributed by atoms with van der Waals surface area (Å²) in [6, 6.07) is 16.7. The van der Waals surface area contributed by atoms with E-state index in [4.69, 9.17) is 5.73 Å². The number of nitrogens with zero attached hydrogens (tertiary/aromatic N) is 1. The van der Waals surface area contributed by atoms with Crippen LogP contribution >= 0.6 is 0 Å². The van der Waals surface area contributed by atoms with E-state index in [1.807, 2.05) is 56.3 Å². The Bertz CT molecular complexity index is 1620. The number of fused-ring (bicyclic) bond motifs is 1. The van der Waals surface area contributed by atoms with E-state index >= 15 is 0 Å². The molecule has 1 heterocycles. The normalized spacial score (nSPS) is 18.4. The third-order valence-electron chi connectivity index (χ3n) is 8.08. The van der Waals surface area contributed by atoms with E-state index in [2.05, 4.69) is 16.0 Å². The van der Waals surface area contributed by atoms with Crippen molar-refractivity contribution in [2.75, 3.05) is 0 Å². The second kappa shape index (κ2) is 14.7. The molecule has 5 amide bonds. The molecule has 1 saturated heterocycles. The van der Waals surface area contributed by atoms with E-state index in [9.17, 15) is 33.9 Å². The predicted molar refractivity (Wildman–Crippen MR) is 170 cm³/mol. The highest BCUT2D eigenvalue weighted by Crippen LogP contribution is 2.32. The molecule has 1 fully saturated rings. The standard InChI is InChI=1S/C34H39N5O7/c1-19(2)16-27(39-20(3)29(38-33(45)34(39)46)24-15-9-13-22-12-7-8-14-23(22)24)32(44)37-26(18-28(40)41)31(43)36-25(30(35)42)17-21-10-5-4-6-11-21/h4-15,19-20,25-27,29H,16-18H2,1-3H3,(H2,35,42)(H,36,43)(H,37,44)(H,38,45)(H,40,41)/t20?,25-,26-,27?,29?/m0/s1. The molecular formula is C34H39N5O7. The maximum absolute atomic E-state index is 13.9. The Morgan fingerprint density at radius 1 is 0.891 bits per heavy atom. The largest absolute Gasteiger partial charge is 0.481 e. The summed E-state index contributed by atoms with van der Waals surface area (Å²) >= 11 is 0. The number of carboxylic acid groups (broad SMARTS) is 1. The van der Waals surface area contributed by atoms with Crippen molar-refractivity contribution in [3.63, 3.8) is 0 Å². The summed E-state index contributed by atoms with van der Waals surface area (Å²) in [5.74, 6) is -5.88. The topological polar surface area (TPSA) is 188 Å². The number of amides is 5. The SMILES string of the molecule is CC(C)CC(C(=O)N[C@@H](CC(=O)O)C(=O)N[C@@H](Cc1ccccc1)C(N)=O)N1C(=O)C(=O)NC(c2cccc3ccccc23)C1C. The Labute approximate surface area is 266 Å². The van der Waals surface area contributed by atoms with Crippen molar-refractivity contribution in [2.45, 2.75) is 70.2 Å². The summed E-state index contributed by atoms with van der Waals surface area (Å²) in [5, 5.41) is 19.1. The van der Waals surface area contributed by atoms with Gasteiger partial charge in [-0.3, -0.25) is 28.8 Å². The molecule has 3 unspecified atom stereocenters. The number of hydrogen-bond donors (Lipinski definition) is 5. The van der Waals surface area contributed by atoms with Crippen molar-refractivity contribution in [1.29, 1.82) is 0 Å². The maximum Gasteiger partial charge on any atom is 0.312 e. The Kier molecular flexibility index (Phi) is 10.7. The molecule has 3 aromatic rings. The summed E-state index contributed by atoms with van der Waals surface area (Å²) in [7, 11) is 0. The molecule has 242 valence electrons. The third-order valence-corrected chi connectivity index (χ3v) is 8.08. The van der Waals surface area contributed by atoms with Gasteiger partial charge in [0, 0.05) is 6.42 Å². The number of nitrogens with two attached hydrogens (primary N) is 1. The van der Waals surface area contributed by atoms with Crippen LogP contribution in [0, 0.1) is 5.92 Å². The van der Waals surface area contributed by atoms with Gasteiger partial charge in [-0.2, -0.15) is 0 Å². The van der Waals surface area contributed by atoms with Gasteiger partial charge in [0.05, 0.1) is 18.5 Å². The van der Waals surface area contributed by atoms with Gasteiger partial charge in [0.1, 0.15) is 18.1 Å². The molecule has 5 atom stereocenters. The van der Waals surface area contributed by atoms with Crippen LogP contribution in [0.25, 0.3) is 10.8 Å². The number of rotatable bonds is 13. The van der Waals surface area contributed by atoms with Crippen LogP contribution in [0.5, 0.6) is 0 Å². The average Bonchev–Trinajstić information content (AvgIpc) is 3.01. The minimum atomic E-state index is -1.60. The van der Waals surface area contributed by atoms with Crippen LogP contribution in [0.4, 0.5) is 0 Å². The van der Waals surface area contributed by atoms with Crippen molar-refractivity contribution in [2.24, 2.45) is 11.7 Å². The van der Waals surface area contributed by atoms with E-state index in [1.54, 1.807) is 37.3 Å². The van der Waals surface area contributed by atoms with E-state index in [-0.39, 0.29) is 18.8 Å². The summed E-state index contributed by atoms with van der Waals surface area (Å²) in [6.07, 6.45) is -0.627. The van der Waals surface area contributed by atoms with Crippen LogP contribution in [0.3, 0.4) is 0 Å². The highest BCUT2D eigenvalue weighted by molar-refractivity contribution is 6.36. The van der Waals surface area contributed by atoms with Crippen LogP contribution in [0.15, 0.2) is 72.8 Å². The quantitative estimate of drug-likeness (QED) is 0.178. The van der Waals surface area contributed by atoms with Crippen LogP contribution in [0.1, 0.15) is 50.8 Å². The monoisotopic (exact) mass is 629 g/mol. The van der Waals surface area contributed by atoms with Crippen LogP contribution in [-0.2, 0) is 35.2 Å². The fourth-order valence-electron chi connectivity index (χ4n) is 5.86. The number of carboxylic acids is 1. The highest BCUT2D eigenvalue weighted by atomic mass is 16.4. The smallest absolute Gasteiger partial charge is 0.312 e. The molecule has 6 N–H and O–H groups in total. The summed E-state index contributed by atoms with van der Waals surface area (Å²) < 4.78 is 0. The fraction of sp³-hybridized carbons (Fsp3) is 0.353. The Balaban J connectivity index is 1.62. The molecular weight excluding hydrogens is 590 g/mol. The molecule has 0 radical (unpaired) electrons. The fourth-order valence-corrected chi connectivity index (χ4v) is 5.86. The minimum absolute atomic E-state index is 0.0517. The lowest BCUT2D eigenvalue weighted by atomic mass is 9.89. The second-order valence-electron chi connectivity index (χ2n) is 11.9. The van der Waals surface area contributed by atoms with Crippen molar-refractivity contribution in [3.05, 3.63) is 83.9 Å². The molecule has 1 aliphatic rings. The minimum Gasteiger partial charge on any atom is -0.481 e.